The summed E-state index contributed by atoms with van der Waals surface area (Å²) in [6.45, 7) is 5.50. The number of amides is 1. The molecule has 142 valence electrons. The highest BCUT2D eigenvalue weighted by atomic mass is 32.1. The lowest BCUT2D eigenvalue weighted by Crippen LogP contribution is -2.48. The lowest BCUT2D eigenvalue weighted by molar-refractivity contribution is -0.120. The molecule has 0 bridgehead atoms. The lowest BCUT2D eigenvalue weighted by Gasteiger charge is -2.30. The Morgan fingerprint density at radius 2 is 1.85 bits per heavy atom. The zero-order valence-electron chi connectivity index (χ0n) is 15.8. The summed E-state index contributed by atoms with van der Waals surface area (Å²) in [6, 6.07) is 16.4. The number of benzene rings is 2. The summed E-state index contributed by atoms with van der Waals surface area (Å²) < 4.78 is 0. The summed E-state index contributed by atoms with van der Waals surface area (Å²) in [5.41, 5.74) is 10.1. The van der Waals surface area contributed by atoms with E-state index in [0.717, 1.165) is 30.8 Å². The number of hydrogen-bond acceptors (Lipinski definition) is 3. The van der Waals surface area contributed by atoms with Crippen LogP contribution in [0.3, 0.4) is 0 Å². The maximum Gasteiger partial charge on any atom is 0.257 e. The van der Waals surface area contributed by atoms with Gasteiger partial charge in [0.2, 0.25) is 0 Å². The zero-order valence-corrected chi connectivity index (χ0v) is 16.6. The molecule has 2 aromatic rings. The summed E-state index contributed by atoms with van der Waals surface area (Å²) >= 11 is 5.26. The Bertz CT molecular complexity index is 804. The minimum absolute atomic E-state index is 0.119. The van der Waals surface area contributed by atoms with Crippen LogP contribution in [0.5, 0.6) is 0 Å². The van der Waals surface area contributed by atoms with Gasteiger partial charge in [0.25, 0.3) is 5.91 Å². The first kappa shape index (κ1) is 19.2. The van der Waals surface area contributed by atoms with Crippen molar-refractivity contribution < 1.29 is 4.79 Å². The fourth-order valence-corrected chi connectivity index (χ4v) is 3.40. The van der Waals surface area contributed by atoms with Crippen molar-refractivity contribution in [3.8, 4) is 0 Å². The van der Waals surface area contributed by atoms with Crippen molar-refractivity contribution in [3.63, 3.8) is 0 Å². The predicted molar refractivity (Wildman–Crippen MR) is 115 cm³/mol. The number of nitrogens with one attached hydrogen (secondary N) is 3. The molecule has 0 aromatic heterocycles. The van der Waals surface area contributed by atoms with Crippen molar-refractivity contribution in [2.45, 2.75) is 32.6 Å². The summed E-state index contributed by atoms with van der Waals surface area (Å²) in [6.07, 6.45) is 2.13. The molecule has 1 aliphatic heterocycles. The number of para-hydroxylation sites is 1. The standard InChI is InChI=1S/C21H26N4OS/c1-15(2)16-9-11-18(12-10-16)22-21(27)24-23-20(26)14-25-13-5-7-17-6-3-4-8-19(17)25/h3-4,6,8-12,15H,5,7,13-14H2,1-2H3,(H,23,26)(H2,22,24,27). The Kier molecular flexibility index (Phi) is 6.29. The van der Waals surface area contributed by atoms with E-state index in [0.29, 0.717) is 17.6 Å². The molecule has 0 saturated heterocycles. The van der Waals surface area contributed by atoms with Crippen molar-refractivity contribution >= 4 is 34.6 Å². The first-order valence-electron chi connectivity index (χ1n) is 9.31. The molecule has 0 fully saturated rings. The number of fused-ring (bicyclic) bond motifs is 1. The van der Waals surface area contributed by atoms with Gasteiger partial charge in [-0.1, -0.05) is 44.2 Å². The van der Waals surface area contributed by atoms with Gasteiger partial charge in [0.05, 0.1) is 6.54 Å². The molecule has 1 aliphatic rings. The van der Waals surface area contributed by atoms with Crippen LogP contribution in [0.4, 0.5) is 11.4 Å². The molecule has 2 aromatic carbocycles. The average Bonchev–Trinajstić information content (AvgIpc) is 2.67. The molecular formula is C21H26N4OS. The van der Waals surface area contributed by atoms with E-state index in [1.807, 2.05) is 24.3 Å². The van der Waals surface area contributed by atoms with Crippen LogP contribution in [-0.4, -0.2) is 24.1 Å². The van der Waals surface area contributed by atoms with Crippen LogP contribution in [0.15, 0.2) is 48.5 Å². The van der Waals surface area contributed by atoms with E-state index in [1.54, 1.807) is 0 Å². The van der Waals surface area contributed by atoms with Crippen molar-refractivity contribution in [2.24, 2.45) is 0 Å². The van der Waals surface area contributed by atoms with Crippen LogP contribution in [-0.2, 0) is 11.2 Å². The van der Waals surface area contributed by atoms with Crippen LogP contribution in [0, 0.1) is 0 Å². The minimum atomic E-state index is -0.119. The number of rotatable bonds is 4. The molecule has 0 aliphatic carbocycles. The smallest absolute Gasteiger partial charge is 0.257 e. The molecule has 1 heterocycles. The number of hydrazine groups is 1. The average molecular weight is 383 g/mol. The van der Waals surface area contributed by atoms with E-state index in [9.17, 15) is 4.79 Å². The van der Waals surface area contributed by atoms with Gasteiger partial charge < -0.3 is 10.2 Å². The second-order valence-electron chi connectivity index (χ2n) is 7.06. The molecule has 0 atom stereocenters. The molecule has 5 nitrogen and oxygen atoms in total. The van der Waals surface area contributed by atoms with Crippen LogP contribution in [0.25, 0.3) is 0 Å². The van der Waals surface area contributed by atoms with E-state index >= 15 is 0 Å². The molecule has 1 amide bonds. The Labute approximate surface area is 166 Å². The minimum Gasteiger partial charge on any atom is -0.362 e. The summed E-state index contributed by atoms with van der Waals surface area (Å²) in [5.74, 6) is 0.370. The number of carbonyl (C=O) groups excluding carboxylic acids is 1. The van der Waals surface area contributed by atoms with E-state index < -0.39 is 0 Å². The van der Waals surface area contributed by atoms with Gasteiger partial charge in [0, 0.05) is 17.9 Å². The molecular weight excluding hydrogens is 356 g/mol. The highest BCUT2D eigenvalue weighted by Crippen LogP contribution is 2.26. The van der Waals surface area contributed by atoms with Crippen molar-refractivity contribution in [1.29, 1.82) is 0 Å². The molecule has 27 heavy (non-hydrogen) atoms. The lowest BCUT2D eigenvalue weighted by atomic mass is 10.0. The maximum absolute atomic E-state index is 12.3. The maximum atomic E-state index is 12.3. The van der Waals surface area contributed by atoms with E-state index in [-0.39, 0.29) is 5.91 Å². The third-order valence-corrected chi connectivity index (χ3v) is 4.90. The van der Waals surface area contributed by atoms with Gasteiger partial charge in [0.1, 0.15) is 0 Å². The summed E-state index contributed by atoms with van der Waals surface area (Å²) in [4.78, 5) is 14.4. The molecule has 3 rings (SSSR count). The second-order valence-corrected chi connectivity index (χ2v) is 7.47. The third kappa shape index (κ3) is 5.20. The van der Waals surface area contributed by atoms with E-state index in [2.05, 4.69) is 59.2 Å². The van der Waals surface area contributed by atoms with Crippen LogP contribution < -0.4 is 21.1 Å². The highest BCUT2D eigenvalue weighted by molar-refractivity contribution is 7.80. The predicted octanol–water partition coefficient (Wildman–Crippen LogP) is 3.58. The fraction of sp³-hybridized carbons (Fsp3) is 0.333. The monoisotopic (exact) mass is 382 g/mol. The Morgan fingerprint density at radius 3 is 2.59 bits per heavy atom. The van der Waals surface area contributed by atoms with Crippen LogP contribution in [0.2, 0.25) is 0 Å². The Morgan fingerprint density at radius 1 is 1.11 bits per heavy atom. The SMILES string of the molecule is CC(C)c1ccc(NC(=S)NNC(=O)CN2CCCc3ccccc32)cc1. The number of nitrogens with zero attached hydrogens (tertiary/aromatic N) is 1. The van der Waals surface area contributed by atoms with Gasteiger partial charge in [-0.3, -0.25) is 15.6 Å². The number of thiocarbonyl (C=S) groups is 1. The van der Waals surface area contributed by atoms with Gasteiger partial charge in [-0.05, 0) is 60.3 Å². The first-order chi connectivity index (χ1) is 13.0. The van der Waals surface area contributed by atoms with Gasteiger partial charge >= 0.3 is 0 Å². The van der Waals surface area contributed by atoms with Crippen LogP contribution >= 0.6 is 12.2 Å². The van der Waals surface area contributed by atoms with Crippen molar-refractivity contribution in [1.82, 2.24) is 10.9 Å². The van der Waals surface area contributed by atoms with Gasteiger partial charge in [-0.25, -0.2) is 0 Å². The Hall–Kier alpha value is -2.60. The zero-order chi connectivity index (χ0) is 19.2. The topological polar surface area (TPSA) is 56.4 Å². The first-order valence-corrected chi connectivity index (χ1v) is 9.72. The molecule has 0 saturated carbocycles. The fourth-order valence-electron chi connectivity index (χ4n) is 3.23. The van der Waals surface area contributed by atoms with Crippen molar-refractivity contribution in [2.75, 3.05) is 23.3 Å². The van der Waals surface area contributed by atoms with Crippen molar-refractivity contribution in [3.05, 3.63) is 59.7 Å². The summed E-state index contributed by atoms with van der Waals surface area (Å²) in [7, 11) is 0. The van der Waals surface area contributed by atoms with E-state index in [4.69, 9.17) is 12.2 Å². The quantitative estimate of drug-likeness (QED) is 0.557. The van der Waals surface area contributed by atoms with E-state index in [1.165, 1.54) is 11.1 Å². The highest BCUT2D eigenvalue weighted by Gasteiger charge is 2.18. The number of aryl methyl sites for hydroxylation is 1. The Balaban J connectivity index is 1.47. The molecule has 3 N–H and O–H groups in total. The largest absolute Gasteiger partial charge is 0.362 e. The number of hydrogen-bond donors (Lipinski definition) is 3. The third-order valence-electron chi connectivity index (χ3n) is 4.69. The molecule has 6 heteroatoms. The van der Waals surface area contributed by atoms with Gasteiger partial charge in [0.15, 0.2) is 5.11 Å². The number of anilines is 2. The number of carbonyl (C=O) groups is 1. The molecule has 0 spiro atoms. The van der Waals surface area contributed by atoms with Crippen LogP contribution in [0.1, 0.15) is 37.3 Å². The molecule has 0 radical (unpaired) electrons. The summed E-state index contributed by atoms with van der Waals surface area (Å²) in [5, 5.41) is 3.44. The van der Waals surface area contributed by atoms with Gasteiger partial charge in [-0.15, -0.1) is 0 Å². The van der Waals surface area contributed by atoms with Gasteiger partial charge in [-0.2, -0.15) is 0 Å². The molecule has 0 unspecified atom stereocenters. The second kappa shape index (κ2) is 8.86. The normalized spacial score (nSPS) is 13.1.